The van der Waals surface area contributed by atoms with Crippen LogP contribution < -0.4 is 0 Å². The van der Waals surface area contributed by atoms with E-state index in [1.807, 2.05) is 0 Å². The van der Waals surface area contributed by atoms with Gasteiger partial charge in [0.1, 0.15) is 0 Å². The Morgan fingerprint density at radius 3 is 0.900 bits per heavy atom. The van der Waals surface area contributed by atoms with E-state index in [0.717, 1.165) is 0 Å². The minimum absolute atomic E-state index is 1.14. The summed E-state index contributed by atoms with van der Waals surface area (Å²) in [6.07, 6.45) is 2.64. The van der Waals surface area contributed by atoms with Crippen LogP contribution in [0.2, 0.25) is 0 Å². The van der Waals surface area contributed by atoms with E-state index in [1.165, 1.54) is 12.2 Å². The Balaban J connectivity index is 2.56. The molecule has 0 aromatic carbocycles. The quantitative estimate of drug-likeness (QED) is 0.509. The van der Waals surface area contributed by atoms with Gasteiger partial charge in [-0.3, -0.25) is 19.2 Å². The Labute approximate surface area is 112 Å². The first-order valence-corrected chi connectivity index (χ1v) is 5.87. The second-order valence-corrected chi connectivity index (χ2v) is 5.00. The molecule has 0 aromatic rings. The van der Waals surface area contributed by atoms with Crippen LogP contribution >= 0.6 is 0 Å². The molecule has 0 amide bonds. The van der Waals surface area contributed by atoms with Crippen LogP contribution in [0.4, 0.5) is 0 Å². The molecule has 4 N–H and O–H groups in total. The van der Waals surface area contributed by atoms with Gasteiger partial charge in [0.05, 0.1) is 23.7 Å². The number of hydrogen-bond donors (Lipinski definition) is 4. The van der Waals surface area contributed by atoms with E-state index < -0.39 is 59.4 Å². The third-order valence-electron chi connectivity index (χ3n) is 4.13. The van der Waals surface area contributed by atoms with Crippen LogP contribution in [0.25, 0.3) is 0 Å². The monoisotopic (exact) mass is 284 g/mol. The van der Waals surface area contributed by atoms with E-state index in [-0.39, 0.29) is 0 Å². The van der Waals surface area contributed by atoms with Gasteiger partial charge in [-0.1, -0.05) is 12.2 Å². The molecule has 108 valence electrons. The summed E-state index contributed by atoms with van der Waals surface area (Å²) in [4.78, 5) is 45.1. The van der Waals surface area contributed by atoms with Gasteiger partial charge in [-0.05, 0) is 0 Å². The van der Waals surface area contributed by atoms with E-state index >= 15 is 0 Å². The predicted molar refractivity (Wildman–Crippen MR) is 60.6 cm³/mol. The Bertz CT molecular complexity index is 436. The molecule has 3 aliphatic carbocycles. The molecule has 3 rings (SSSR count). The van der Waals surface area contributed by atoms with Gasteiger partial charge in [-0.2, -0.15) is 0 Å². The summed E-state index contributed by atoms with van der Waals surface area (Å²) in [6, 6.07) is 0. The van der Waals surface area contributed by atoms with Crippen molar-refractivity contribution in [3.8, 4) is 0 Å². The molecule has 4 atom stereocenters. The van der Waals surface area contributed by atoms with Crippen molar-refractivity contribution in [2.75, 3.05) is 0 Å². The lowest BCUT2D eigenvalue weighted by molar-refractivity contribution is -0.178. The van der Waals surface area contributed by atoms with E-state index in [1.54, 1.807) is 0 Å². The summed E-state index contributed by atoms with van der Waals surface area (Å²) in [5, 5.41) is 36.7. The normalized spacial score (nSPS) is 38.4. The van der Waals surface area contributed by atoms with Crippen molar-refractivity contribution < 1.29 is 39.6 Å². The average Bonchev–Trinajstić information content (AvgIpc) is 2.36. The highest BCUT2D eigenvalue weighted by molar-refractivity contribution is 5.88. The second-order valence-electron chi connectivity index (χ2n) is 5.00. The number of fused-ring (bicyclic) bond motifs is 2. The summed E-state index contributed by atoms with van der Waals surface area (Å²) in [6.45, 7) is 0. The molecule has 0 aromatic heterocycles. The molecule has 0 aliphatic heterocycles. The molecule has 0 unspecified atom stereocenters. The number of carboxylic acid groups (broad SMARTS) is 4. The van der Waals surface area contributed by atoms with Gasteiger partial charge in [0, 0.05) is 11.8 Å². The molecule has 8 nitrogen and oxygen atoms in total. The minimum atomic E-state index is -1.43. The van der Waals surface area contributed by atoms with E-state index in [2.05, 4.69) is 0 Å². The van der Waals surface area contributed by atoms with Crippen LogP contribution in [0.3, 0.4) is 0 Å². The van der Waals surface area contributed by atoms with Crippen molar-refractivity contribution >= 4 is 23.9 Å². The first-order chi connectivity index (χ1) is 9.27. The summed E-state index contributed by atoms with van der Waals surface area (Å²) in [5.74, 6) is -13.7. The number of aliphatic carboxylic acids is 4. The van der Waals surface area contributed by atoms with Crippen molar-refractivity contribution in [3.05, 3.63) is 12.2 Å². The Morgan fingerprint density at radius 2 is 0.750 bits per heavy atom. The fourth-order valence-electron chi connectivity index (χ4n) is 3.41. The Kier molecular flexibility index (Phi) is 3.24. The first-order valence-electron chi connectivity index (χ1n) is 5.87. The van der Waals surface area contributed by atoms with Crippen molar-refractivity contribution in [1.82, 2.24) is 0 Å². The largest absolute Gasteiger partial charge is 0.481 e. The highest BCUT2D eigenvalue weighted by Crippen LogP contribution is 2.51. The molecule has 1 saturated carbocycles. The van der Waals surface area contributed by atoms with E-state index in [4.69, 9.17) is 20.4 Å². The SMILES string of the molecule is O=C(O)[C@@H]1C2C=CC([C@@H]1C(=O)O)[C@H](C(=O)O)[C@@H]2C(=O)O. The van der Waals surface area contributed by atoms with Gasteiger partial charge >= 0.3 is 23.9 Å². The standard InChI is InChI=1S/C12H12O8/c13-9(14)5-3-1-2-4(7(5)11(17)18)8(12(19)20)6(3)10(15)16/h1-8H,(H,13,14)(H,15,16)(H,17,18)(H,19,20)/t3?,4?,5-,6-,7+,8+. The highest BCUT2D eigenvalue weighted by atomic mass is 16.4. The second kappa shape index (κ2) is 4.62. The molecule has 0 heterocycles. The fourth-order valence-corrected chi connectivity index (χ4v) is 3.41. The van der Waals surface area contributed by atoms with Crippen LogP contribution in [0.5, 0.6) is 0 Å². The third-order valence-corrected chi connectivity index (χ3v) is 4.13. The lowest BCUT2D eigenvalue weighted by Crippen LogP contribution is -2.57. The fraction of sp³-hybridized carbons (Fsp3) is 0.500. The summed E-state index contributed by atoms with van der Waals surface area (Å²) < 4.78 is 0. The highest BCUT2D eigenvalue weighted by Gasteiger charge is 2.61. The van der Waals surface area contributed by atoms with Crippen LogP contribution in [0.15, 0.2) is 12.2 Å². The zero-order valence-corrected chi connectivity index (χ0v) is 10.0. The Hall–Kier alpha value is -2.38. The number of carbonyl (C=O) groups is 4. The maximum Gasteiger partial charge on any atom is 0.308 e. The summed E-state index contributed by atoms with van der Waals surface area (Å²) in [5.41, 5.74) is 0. The van der Waals surface area contributed by atoms with Gasteiger partial charge < -0.3 is 20.4 Å². The van der Waals surface area contributed by atoms with Crippen LogP contribution in [-0.4, -0.2) is 44.3 Å². The van der Waals surface area contributed by atoms with Crippen molar-refractivity contribution in [2.45, 2.75) is 0 Å². The molecule has 20 heavy (non-hydrogen) atoms. The van der Waals surface area contributed by atoms with Gasteiger partial charge in [0.25, 0.3) is 0 Å². The number of rotatable bonds is 4. The maximum absolute atomic E-state index is 11.3. The molecule has 8 heteroatoms. The zero-order chi connectivity index (χ0) is 15.2. The smallest absolute Gasteiger partial charge is 0.308 e. The molecular weight excluding hydrogens is 272 g/mol. The Morgan fingerprint density at radius 1 is 0.550 bits per heavy atom. The number of hydrogen-bond acceptors (Lipinski definition) is 4. The number of carboxylic acids is 4. The molecule has 0 saturated heterocycles. The average molecular weight is 284 g/mol. The zero-order valence-electron chi connectivity index (χ0n) is 10.0. The van der Waals surface area contributed by atoms with E-state index in [9.17, 15) is 19.2 Å². The van der Waals surface area contributed by atoms with Crippen LogP contribution in [-0.2, 0) is 19.2 Å². The molecular formula is C12H12O8. The number of allylic oxidation sites excluding steroid dienone is 2. The summed E-state index contributed by atoms with van der Waals surface area (Å²) >= 11 is 0. The third kappa shape index (κ3) is 1.84. The molecule has 0 radical (unpaired) electrons. The van der Waals surface area contributed by atoms with E-state index in [0.29, 0.717) is 0 Å². The lowest BCUT2D eigenvalue weighted by atomic mass is 9.53. The van der Waals surface area contributed by atoms with Gasteiger partial charge in [0.2, 0.25) is 0 Å². The van der Waals surface area contributed by atoms with Crippen molar-refractivity contribution in [1.29, 1.82) is 0 Å². The van der Waals surface area contributed by atoms with Gasteiger partial charge in [0.15, 0.2) is 0 Å². The minimum Gasteiger partial charge on any atom is -0.481 e. The topological polar surface area (TPSA) is 149 Å². The van der Waals surface area contributed by atoms with Crippen LogP contribution in [0.1, 0.15) is 0 Å². The predicted octanol–water partition coefficient (Wildman–Crippen LogP) is -0.395. The van der Waals surface area contributed by atoms with Crippen molar-refractivity contribution in [3.63, 3.8) is 0 Å². The summed E-state index contributed by atoms with van der Waals surface area (Å²) in [7, 11) is 0. The van der Waals surface area contributed by atoms with Gasteiger partial charge in [-0.15, -0.1) is 0 Å². The molecule has 3 aliphatic rings. The molecule has 1 fully saturated rings. The molecule has 0 spiro atoms. The maximum atomic E-state index is 11.3. The van der Waals surface area contributed by atoms with Gasteiger partial charge in [-0.25, -0.2) is 0 Å². The van der Waals surface area contributed by atoms with Crippen molar-refractivity contribution in [2.24, 2.45) is 35.5 Å². The first kappa shape index (κ1) is 14.0. The molecule has 2 bridgehead atoms. The lowest BCUT2D eigenvalue weighted by Gasteiger charge is -2.47. The van der Waals surface area contributed by atoms with Crippen LogP contribution in [0, 0.1) is 35.5 Å².